The molecule has 1 rings (SSSR count). The summed E-state index contributed by atoms with van der Waals surface area (Å²) in [6.45, 7) is 8.46. The Labute approximate surface area is 341 Å². The molecule has 1 saturated heterocycles. The predicted molar refractivity (Wildman–Crippen MR) is 204 cm³/mol. The largest absolute Gasteiger partial charge is 0.481 e. The van der Waals surface area contributed by atoms with Crippen molar-refractivity contribution in [2.75, 3.05) is 20.3 Å². The lowest BCUT2D eigenvalue weighted by atomic mass is 9.98. The van der Waals surface area contributed by atoms with E-state index in [0.29, 0.717) is 12.8 Å². The summed E-state index contributed by atoms with van der Waals surface area (Å²) in [6.07, 6.45) is -0.957. The number of esters is 1. The lowest BCUT2D eigenvalue weighted by Crippen LogP contribution is -2.61. The van der Waals surface area contributed by atoms with Gasteiger partial charge in [-0.25, -0.2) is 4.79 Å². The molecule has 7 atom stereocenters. The number of carboxylic acids is 2. The maximum Gasteiger partial charge on any atom is 0.330 e. The first-order valence-corrected chi connectivity index (χ1v) is 19.4. The fourth-order valence-corrected chi connectivity index (χ4v) is 6.15. The van der Waals surface area contributed by atoms with Crippen LogP contribution >= 0.6 is 0 Å². The molecule has 1 aliphatic rings. The van der Waals surface area contributed by atoms with E-state index in [-0.39, 0.29) is 25.8 Å². The third-order valence-electron chi connectivity index (χ3n) is 9.34. The van der Waals surface area contributed by atoms with Crippen LogP contribution in [0.3, 0.4) is 0 Å². The van der Waals surface area contributed by atoms with Crippen molar-refractivity contribution in [3.8, 4) is 0 Å². The standard InChI is InChI=1S/C37H59N7O15/c1-8-10-21(30(51)35(56)41-24(17-45)37(58)59-7)39-33(54)25-11-9-16-44(25)36(57)29(19(4)5)43-34(55)28(18(2)3)42-32(53)23(13-15-27(49)50)40-31(52)22(38-20(6)46)12-14-26(47)48/h18-19,21-25,28-29,45H,8-17H2,1-7H3,(H,38,46)(H,39,54)(H,40,52)(H,41,56)(H,42,53)(H,43,55)(H,47,48)(H,49,50). The Balaban J connectivity index is 3.24. The highest BCUT2D eigenvalue weighted by Gasteiger charge is 2.41. The van der Waals surface area contributed by atoms with Gasteiger partial charge in [0, 0.05) is 26.3 Å². The Kier molecular flexibility index (Phi) is 21.7. The fourth-order valence-electron chi connectivity index (χ4n) is 6.15. The van der Waals surface area contributed by atoms with Crippen LogP contribution in [0.5, 0.6) is 0 Å². The number of rotatable bonds is 25. The minimum absolute atomic E-state index is 0.0229. The zero-order valence-corrected chi connectivity index (χ0v) is 34.5. The topological polar surface area (TPSA) is 333 Å². The number of nitrogens with zero attached hydrogens (tertiary/aromatic N) is 1. The van der Waals surface area contributed by atoms with Crippen LogP contribution in [0.1, 0.15) is 92.9 Å². The van der Waals surface area contributed by atoms with Crippen molar-refractivity contribution in [1.29, 1.82) is 0 Å². The molecule has 7 amide bonds. The maximum absolute atomic E-state index is 14.0. The van der Waals surface area contributed by atoms with Gasteiger partial charge < -0.3 is 56.9 Å². The van der Waals surface area contributed by atoms with Crippen molar-refractivity contribution in [2.45, 2.75) is 135 Å². The zero-order chi connectivity index (χ0) is 45.1. The summed E-state index contributed by atoms with van der Waals surface area (Å²) in [7, 11) is 1.03. The Bertz CT molecular complexity index is 1570. The van der Waals surface area contributed by atoms with E-state index >= 15 is 0 Å². The number of ketones is 1. The van der Waals surface area contributed by atoms with Gasteiger partial charge >= 0.3 is 17.9 Å². The Hall–Kier alpha value is -5.67. The van der Waals surface area contributed by atoms with E-state index in [2.05, 4.69) is 36.6 Å². The van der Waals surface area contributed by atoms with Crippen LogP contribution in [-0.4, -0.2) is 148 Å². The van der Waals surface area contributed by atoms with Crippen LogP contribution in [-0.2, 0) is 57.5 Å². The summed E-state index contributed by atoms with van der Waals surface area (Å²) >= 11 is 0. The molecule has 0 aromatic heterocycles. The molecule has 9 N–H and O–H groups in total. The van der Waals surface area contributed by atoms with E-state index in [1.807, 2.05) is 0 Å². The van der Waals surface area contributed by atoms with Gasteiger partial charge in [-0.15, -0.1) is 0 Å². The van der Waals surface area contributed by atoms with E-state index in [9.17, 15) is 63.0 Å². The number of hydrogen-bond donors (Lipinski definition) is 9. The van der Waals surface area contributed by atoms with Crippen molar-refractivity contribution in [3.05, 3.63) is 0 Å². The number of methoxy groups -OCH3 is 1. The van der Waals surface area contributed by atoms with Gasteiger partial charge in [0.25, 0.3) is 5.91 Å². The second-order valence-corrected chi connectivity index (χ2v) is 14.8. The number of nitrogens with one attached hydrogen (secondary N) is 6. The molecule has 0 aromatic carbocycles. The molecule has 59 heavy (non-hydrogen) atoms. The third kappa shape index (κ3) is 16.6. The summed E-state index contributed by atoms with van der Waals surface area (Å²) in [6, 6.07) is -9.47. The molecule has 22 heteroatoms. The molecule has 22 nitrogen and oxygen atoms in total. The highest BCUT2D eigenvalue weighted by atomic mass is 16.5. The Morgan fingerprint density at radius 2 is 1.20 bits per heavy atom. The molecule has 1 heterocycles. The number of carbonyl (C=O) groups excluding carboxylic acids is 9. The molecule has 0 radical (unpaired) electrons. The van der Waals surface area contributed by atoms with Gasteiger partial charge in [0.1, 0.15) is 30.2 Å². The quantitative estimate of drug-likeness (QED) is 0.0339. The van der Waals surface area contributed by atoms with Gasteiger partial charge in [0.2, 0.25) is 41.2 Å². The number of aliphatic carboxylic acids is 2. The Morgan fingerprint density at radius 1 is 0.678 bits per heavy atom. The number of carbonyl (C=O) groups is 11. The highest BCUT2D eigenvalue weighted by Crippen LogP contribution is 2.21. The van der Waals surface area contributed by atoms with Crippen LogP contribution in [0.2, 0.25) is 0 Å². The maximum atomic E-state index is 14.0. The fraction of sp³-hybridized carbons (Fsp3) is 0.703. The van der Waals surface area contributed by atoms with Crippen LogP contribution < -0.4 is 31.9 Å². The van der Waals surface area contributed by atoms with Gasteiger partial charge in [-0.3, -0.25) is 47.9 Å². The second-order valence-electron chi connectivity index (χ2n) is 14.8. The summed E-state index contributed by atoms with van der Waals surface area (Å²) in [5, 5.41) is 42.1. The molecule has 0 spiro atoms. The molecule has 0 saturated carbocycles. The molecule has 0 aliphatic carbocycles. The van der Waals surface area contributed by atoms with E-state index < -0.39 is 145 Å². The minimum Gasteiger partial charge on any atom is -0.481 e. The van der Waals surface area contributed by atoms with Crippen molar-refractivity contribution in [2.24, 2.45) is 11.8 Å². The summed E-state index contributed by atoms with van der Waals surface area (Å²) in [5.41, 5.74) is 0. The monoisotopic (exact) mass is 841 g/mol. The van der Waals surface area contributed by atoms with E-state index in [1.165, 1.54) is 4.90 Å². The third-order valence-corrected chi connectivity index (χ3v) is 9.34. The normalized spacial score (nSPS) is 16.6. The molecule has 1 aliphatic heterocycles. The number of aliphatic hydroxyl groups excluding tert-OH is 1. The number of likely N-dealkylation sites (tertiary alicyclic amines) is 1. The molecular formula is C37H59N7O15. The van der Waals surface area contributed by atoms with Gasteiger partial charge in [-0.05, 0) is 43.9 Å². The van der Waals surface area contributed by atoms with Crippen molar-refractivity contribution in [1.82, 2.24) is 36.8 Å². The summed E-state index contributed by atoms with van der Waals surface area (Å²) in [4.78, 5) is 141. The number of Topliss-reactive ketones (excluding diaryl/α,β-unsaturated/α-hetero) is 1. The number of carboxylic acid groups (broad SMARTS) is 2. The number of amides is 7. The lowest BCUT2D eigenvalue weighted by Gasteiger charge is -2.33. The molecule has 7 unspecified atom stereocenters. The first-order valence-electron chi connectivity index (χ1n) is 19.4. The first kappa shape index (κ1) is 51.3. The van der Waals surface area contributed by atoms with Crippen molar-refractivity contribution in [3.63, 3.8) is 0 Å². The molecule has 0 aromatic rings. The van der Waals surface area contributed by atoms with Gasteiger partial charge in [-0.2, -0.15) is 0 Å². The summed E-state index contributed by atoms with van der Waals surface area (Å²) < 4.78 is 4.49. The van der Waals surface area contributed by atoms with Crippen LogP contribution in [0.25, 0.3) is 0 Å². The Morgan fingerprint density at radius 3 is 1.68 bits per heavy atom. The van der Waals surface area contributed by atoms with Crippen molar-refractivity contribution >= 4 is 65.0 Å². The van der Waals surface area contributed by atoms with Crippen LogP contribution in [0.4, 0.5) is 0 Å². The average molecular weight is 842 g/mol. The smallest absolute Gasteiger partial charge is 0.330 e. The number of aliphatic hydroxyl groups is 1. The highest BCUT2D eigenvalue weighted by molar-refractivity contribution is 6.38. The van der Waals surface area contributed by atoms with E-state index in [4.69, 9.17) is 5.11 Å². The molecule has 332 valence electrons. The van der Waals surface area contributed by atoms with Gasteiger partial charge in [0.05, 0.1) is 19.8 Å². The van der Waals surface area contributed by atoms with Gasteiger partial charge in [0.15, 0.2) is 6.04 Å². The average Bonchev–Trinajstić information content (AvgIpc) is 3.66. The molecular weight excluding hydrogens is 782 g/mol. The number of hydrogen-bond acceptors (Lipinski definition) is 13. The zero-order valence-electron chi connectivity index (χ0n) is 34.5. The molecule has 0 bridgehead atoms. The summed E-state index contributed by atoms with van der Waals surface area (Å²) in [5.74, 6) is -11.9. The van der Waals surface area contributed by atoms with Crippen LogP contribution in [0, 0.1) is 11.8 Å². The predicted octanol–water partition coefficient (Wildman–Crippen LogP) is -2.52. The van der Waals surface area contributed by atoms with Crippen LogP contribution in [0.15, 0.2) is 0 Å². The van der Waals surface area contributed by atoms with Crippen molar-refractivity contribution < 1.29 is 72.8 Å². The number of ether oxygens (including phenoxy) is 1. The minimum atomic E-state index is -1.54. The van der Waals surface area contributed by atoms with E-state index in [1.54, 1.807) is 34.6 Å². The van der Waals surface area contributed by atoms with Gasteiger partial charge in [-0.1, -0.05) is 41.0 Å². The first-order chi connectivity index (χ1) is 27.6. The SMILES string of the molecule is CCCC(NC(=O)C1CCCN1C(=O)C(NC(=O)C(NC(=O)C(CCC(=O)O)NC(=O)C(CCC(=O)O)NC(C)=O)C(C)C)C(C)C)C(=O)C(=O)NC(CO)C(=O)OC. The second kappa shape index (κ2) is 25.0. The lowest BCUT2D eigenvalue weighted by molar-refractivity contribution is -0.148. The molecule has 1 fully saturated rings. The van der Waals surface area contributed by atoms with E-state index in [0.717, 1.165) is 14.0 Å².